The molecule has 9 heteroatoms. The summed E-state index contributed by atoms with van der Waals surface area (Å²) in [6.07, 6.45) is 67.7. The van der Waals surface area contributed by atoms with Gasteiger partial charge >= 0.3 is 11.9 Å². The van der Waals surface area contributed by atoms with Gasteiger partial charge in [-0.05, 0) is 57.8 Å². The number of carbonyl (C=O) groups excluding carboxylic acids is 3. The van der Waals surface area contributed by atoms with Crippen LogP contribution in [0, 0.1) is 0 Å². The van der Waals surface area contributed by atoms with E-state index < -0.39 is 24.3 Å². The molecule has 0 aromatic carbocycles. The van der Waals surface area contributed by atoms with Gasteiger partial charge in [0.1, 0.15) is 13.2 Å². The van der Waals surface area contributed by atoms with Crippen molar-refractivity contribution in [2.75, 3.05) is 47.5 Å². The third-order valence-electron chi connectivity index (χ3n) is 13.3. The number of esters is 2. The summed E-state index contributed by atoms with van der Waals surface area (Å²) in [5.74, 6) is -2.28. The Labute approximate surface area is 450 Å². The molecule has 0 aliphatic rings. The lowest BCUT2D eigenvalue weighted by atomic mass is 10.0. The van der Waals surface area contributed by atoms with Crippen LogP contribution in [-0.2, 0) is 33.3 Å². The molecule has 0 fully saturated rings. The second-order valence-corrected chi connectivity index (χ2v) is 21.6. The van der Waals surface area contributed by atoms with Gasteiger partial charge in [0.2, 0.25) is 0 Å². The van der Waals surface area contributed by atoms with Crippen molar-refractivity contribution in [3.05, 3.63) is 60.8 Å². The number of carboxylic acids is 1. The van der Waals surface area contributed by atoms with Crippen LogP contribution in [-0.4, -0.2) is 82.3 Å². The monoisotopic (exact) mass is 1030 g/mol. The predicted octanol–water partition coefficient (Wildman–Crippen LogP) is 16.7. The highest BCUT2D eigenvalue weighted by Gasteiger charge is 2.22. The summed E-state index contributed by atoms with van der Waals surface area (Å²) in [4.78, 5) is 36.9. The summed E-state index contributed by atoms with van der Waals surface area (Å²) in [5, 5.41) is 11.7. The number of likely N-dealkylation sites (N-methyl/N-ethyl adjacent to an activating group) is 1. The lowest BCUT2D eigenvalue weighted by molar-refractivity contribution is -0.870. The number of hydrogen-bond donors (Lipinski definition) is 0. The van der Waals surface area contributed by atoms with Gasteiger partial charge in [-0.25, -0.2) is 0 Å². The van der Waals surface area contributed by atoms with E-state index in [-0.39, 0.29) is 32.2 Å². The molecule has 0 N–H and O–H groups in total. The van der Waals surface area contributed by atoms with Crippen LogP contribution in [0.3, 0.4) is 0 Å². The molecule has 0 saturated heterocycles. The predicted molar refractivity (Wildman–Crippen MR) is 306 cm³/mol. The van der Waals surface area contributed by atoms with Gasteiger partial charge in [-0.1, -0.05) is 261 Å². The Balaban J connectivity index is 3.81. The number of hydrogen-bond acceptors (Lipinski definition) is 8. The molecule has 9 nitrogen and oxygen atoms in total. The standard InChI is InChI=1S/C64H115NO8/c1-6-8-10-12-14-15-16-17-18-19-20-21-22-23-24-25-26-27-28-29-30-31-32-33-34-35-36-37-38-39-40-41-42-43-44-45-46-47-49-51-53-55-62(67)73-60(58-71-61(66)54-52-50-48-13-11-9-7-2)59-72-64(63(68)69)70-57-56-65(3,4)5/h8,10,14-15,17-18,20-21,23-24,60,64H,6-7,9,11-13,16,19,22,25-59H2,1-5H3/b10-8-,15-14-,18-17-,21-20-,24-23-. The number of carbonyl (C=O) groups is 3. The van der Waals surface area contributed by atoms with Crippen LogP contribution in [0.15, 0.2) is 60.8 Å². The van der Waals surface area contributed by atoms with Crippen molar-refractivity contribution in [1.82, 2.24) is 0 Å². The Morgan fingerprint density at radius 1 is 0.425 bits per heavy atom. The van der Waals surface area contributed by atoms with E-state index in [1.165, 1.54) is 173 Å². The number of quaternary nitrogens is 1. The molecule has 2 unspecified atom stereocenters. The van der Waals surface area contributed by atoms with Gasteiger partial charge in [0.15, 0.2) is 12.4 Å². The average molecular weight is 1030 g/mol. The van der Waals surface area contributed by atoms with Gasteiger partial charge in [0.05, 0.1) is 40.3 Å². The molecule has 2 atom stereocenters. The fourth-order valence-corrected chi connectivity index (χ4v) is 8.62. The Hall–Kier alpha value is -3.01. The summed E-state index contributed by atoms with van der Waals surface area (Å²) in [5.41, 5.74) is 0. The molecule has 0 aromatic rings. The number of ether oxygens (including phenoxy) is 4. The van der Waals surface area contributed by atoms with Gasteiger partial charge in [0, 0.05) is 12.8 Å². The van der Waals surface area contributed by atoms with Crippen molar-refractivity contribution in [2.45, 2.75) is 283 Å². The first kappa shape index (κ1) is 70.0. The van der Waals surface area contributed by atoms with E-state index in [1.54, 1.807) is 0 Å². The van der Waals surface area contributed by atoms with Crippen molar-refractivity contribution in [3.63, 3.8) is 0 Å². The highest BCUT2D eigenvalue weighted by Crippen LogP contribution is 2.17. The zero-order valence-corrected chi connectivity index (χ0v) is 48.3. The van der Waals surface area contributed by atoms with Gasteiger partial charge in [-0.3, -0.25) is 9.59 Å². The van der Waals surface area contributed by atoms with E-state index >= 15 is 0 Å². The van der Waals surface area contributed by atoms with E-state index in [9.17, 15) is 19.5 Å². The van der Waals surface area contributed by atoms with Crippen LogP contribution in [0.25, 0.3) is 0 Å². The maximum atomic E-state index is 12.8. The zero-order chi connectivity index (χ0) is 53.4. The maximum Gasteiger partial charge on any atom is 0.306 e. The lowest BCUT2D eigenvalue weighted by Gasteiger charge is -2.26. The summed E-state index contributed by atoms with van der Waals surface area (Å²) in [6.45, 7) is 4.60. The third-order valence-corrected chi connectivity index (χ3v) is 13.3. The van der Waals surface area contributed by atoms with Crippen LogP contribution < -0.4 is 5.11 Å². The first-order valence-corrected chi connectivity index (χ1v) is 30.4. The van der Waals surface area contributed by atoms with Crippen molar-refractivity contribution < 1.29 is 42.9 Å². The van der Waals surface area contributed by atoms with Crippen LogP contribution >= 0.6 is 0 Å². The molecule has 0 aliphatic carbocycles. The van der Waals surface area contributed by atoms with E-state index in [0.29, 0.717) is 17.4 Å². The molecule has 0 radical (unpaired) electrons. The van der Waals surface area contributed by atoms with E-state index in [0.717, 1.165) is 70.6 Å². The molecule has 424 valence electrons. The Bertz CT molecular complexity index is 1380. The molecule has 0 heterocycles. The summed E-state index contributed by atoms with van der Waals surface area (Å²) in [6, 6.07) is 0. The second kappa shape index (κ2) is 55.2. The fraction of sp³-hybridized carbons (Fsp3) is 0.797. The normalized spacial score (nSPS) is 13.2. The van der Waals surface area contributed by atoms with Gasteiger partial charge in [-0.15, -0.1) is 0 Å². The molecule has 0 aromatic heterocycles. The van der Waals surface area contributed by atoms with Crippen molar-refractivity contribution in [2.24, 2.45) is 0 Å². The number of nitrogens with zero attached hydrogens (tertiary/aromatic N) is 1. The summed E-state index contributed by atoms with van der Waals surface area (Å²) >= 11 is 0. The Morgan fingerprint density at radius 2 is 0.781 bits per heavy atom. The average Bonchev–Trinajstić information content (AvgIpc) is 3.36. The quantitative estimate of drug-likeness (QED) is 0.0195. The summed E-state index contributed by atoms with van der Waals surface area (Å²) < 4.78 is 22.6. The van der Waals surface area contributed by atoms with Crippen LogP contribution in [0.2, 0.25) is 0 Å². The first-order chi connectivity index (χ1) is 35.6. The molecular formula is C64H115NO8. The van der Waals surface area contributed by atoms with Crippen molar-refractivity contribution >= 4 is 17.9 Å². The molecule has 0 rings (SSSR count). The maximum absolute atomic E-state index is 12.8. The molecule has 0 bridgehead atoms. The van der Waals surface area contributed by atoms with Crippen LogP contribution in [0.1, 0.15) is 271 Å². The minimum Gasteiger partial charge on any atom is -0.545 e. The van der Waals surface area contributed by atoms with Gasteiger partial charge in [0.25, 0.3) is 0 Å². The van der Waals surface area contributed by atoms with E-state index in [4.69, 9.17) is 18.9 Å². The number of carboxylic acid groups (broad SMARTS) is 1. The van der Waals surface area contributed by atoms with Gasteiger partial charge in [-0.2, -0.15) is 0 Å². The number of unbranched alkanes of at least 4 members (excludes halogenated alkanes) is 31. The highest BCUT2D eigenvalue weighted by molar-refractivity contribution is 5.70. The lowest BCUT2D eigenvalue weighted by Crippen LogP contribution is -2.44. The molecule has 0 amide bonds. The topological polar surface area (TPSA) is 111 Å². The minimum atomic E-state index is -1.62. The largest absolute Gasteiger partial charge is 0.545 e. The van der Waals surface area contributed by atoms with E-state index in [1.807, 2.05) is 21.1 Å². The first-order valence-electron chi connectivity index (χ1n) is 30.4. The van der Waals surface area contributed by atoms with Crippen molar-refractivity contribution in [3.8, 4) is 0 Å². The Kier molecular flexibility index (Phi) is 53.0. The zero-order valence-electron chi connectivity index (χ0n) is 48.3. The summed E-state index contributed by atoms with van der Waals surface area (Å²) in [7, 11) is 5.92. The van der Waals surface area contributed by atoms with Crippen molar-refractivity contribution in [1.29, 1.82) is 0 Å². The molecule has 73 heavy (non-hydrogen) atoms. The second-order valence-electron chi connectivity index (χ2n) is 21.6. The van der Waals surface area contributed by atoms with Crippen LogP contribution in [0.4, 0.5) is 0 Å². The Morgan fingerprint density at radius 3 is 1.16 bits per heavy atom. The van der Waals surface area contributed by atoms with E-state index in [2.05, 4.69) is 74.6 Å². The van der Waals surface area contributed by atoms with Crippen LogP contribution in [0.5, 0.6) is 0 Å². The molecular weight excluding hydrogens is 911 g/mol. The highest BCUT2D eigenvalue weighted by atomic mass is 16.7. The number of rotatable bonds is 56. The van der Waals surface area contributed by atoms with Gasteiger partial charge < -0.3 is 33.3 Å². The third kappa shape index (κ3) is 56.6. The molecule has 0 spiro atoms. The number of allylic oxidation sites excluding steroid dienone is 10. The molecule has 0 saturated carbocycles. The molecule has 0 aliphatic heterocycles. The smallest absolute Gasteiger partial charge is 0.306 e. The number of aliphatic carboxylic acids is 1. The minimum absolute atomic E-state index is 0.150. The fourth-order valence-electron chi connectivity index (χ4n) is 8.62. The SMILES string of the molecule is CC/C=C\C/C=C\C/C=C\C/C=C\C/C=C\CCCCCCCCCCCCCCCCCCCCCCCCCCCC(=O)OC(COC(=O)CCCCCCCCC)COC(OCC[N+](C)(C)C)C(=O)[O-].